The van der Waals surface area contributed by atoms with Crippen LogP contribution in [0.2, 0.25) is 0 Å². The van der Waals surface area contributed by atoms with Gasteiger partial charge in [-0.05, 0) is 77.7 Å². The first-order valence-electron chi connectivity index (χ1n) is 32.9. The monoisotopic (exact) mass is 1050 g/mol. The standard InChI is InChI=1S/C28H60N2.C20H43NO.C10H20O.C7H14N2O2/c1-4-7-10-13-16-18-21-24-29-25-28-30(26-22-19-15-12-9-6-3)27-23-20-17-14-11-8-5-2;1-4-6-7-8-9-10-11-12-13-14-15-16-18-21(5-2)19-17-20-22-3;1-2-3-4-5-6-7-8-9-10-11;1-2-4-9(7-11)5-3-8-6-10/h29H,4-28H2,1-3H3;4-20H2,1-3H3;10H,2-9H2,1H3;6-7H,2-5H2,1H3,(H,8,10). The summed E-state index contributed by atoms with van der Waals surface area (Å²) in [6.45, 7) is 28.4. The molecule has 0 aromatic heterocycles. The second-order valence-electron chi connectivity index (χ2n) is 21.6. The summed E-state index contributed by atoms with van der Waals surface area (Å²) in [4.78, 5) is 37.0. The number of ether oxygens (including phenoxy) is 1. The van der Waals surface area contributed by atoms with Crippen LogP contribution in [0.3, 0.4) is 0 Å². The van der Waals surface area contributed by atoms with Crippen molar-refractivity contribution in [1.29, 1.82) is 0 Å². The van der Waals surface area contributed by atoms with E-state index in [0.717, 1.165) is 45.1 Å². The highest BCUT2D eigenvalue weighted by molar-refractivity contribution is 5.49. The van der Waals surface area contributed by atoms with Crippen LogP contribution >= 0.6 is 0 Å². The van der Waals surface area contributed by atoms with E-state index >= 15 is 0 Å². The van der Waals surface area contributed by atoms with E-state index < -0.39 is 0 Å². The number of nitrogens with one attached hydrogen (secondary N) is 2. The Morgan fingerprint density at radius 3 is 1.05 bits per heavy atom. The minimum atomic E-state index is 0.530. The van der Waals surface area contributed by atoms with E-state index in [0.29, 0.717) is 19.5 Å². The Morgan fingerprint density at radius 2 is 0.703 bits per heavy atom. The molecule has 0 aromatic rings. The third-order valence-corrected chi connectivity index (χ3v) is 14.3. The van der Waals surface area contributed by atoms with Gasteiger partial charge in [-0.3, -0.25) is 9.59 Å². The van der Waals surface area contributed by atoms with Gasteiger partial charge in [-0.15, -0.1) is 0 Å². The summed E-state index contributed by atoms with van der Waals surface area (Å²) in [5, 5.41) is 6.21. The number of hydrogen-bond donors (Lipinski definition) is 2. The van der Waals surface area contributed by atoms with Crippen LogP contribution in [0.5, 0.6) is 0 Å². The maximum Gasteiger partial charge on any atom is 0.209 e. The molecule has 0 saturated heterocycles. The van der Waals surface area contributed by atoms with Crippen LogP contribution in [-0.4, -0.2) is 120 Å². The molecular formula is C65H137N5O4. The van der Waals surface area contributed by atoms with Gasteiger partial charge >= 0.3 is 0 Å². The number of amides is 2. The van der Waals surface area contributed by atoms with E-state index in [1.807, 2.05) is 6.92 Å². The second kappa shape index (κ2) is 77.9. The Morgan fingerprint density at radius 1 is 0.338 bits per heavy atom. The van der Waals surface area contributed by atoms with Gasteiger partial charge in [0, 0.05) is 59.4 Å². The van der Waals surface area contributed by atoms with Gasteiger partial charge in [-0.25, -0.2) is 0 Å². The number of rotatable bonds is 59. The summed E-state index contributed by atoms with van der Waals surface area (Å²) in [6.07, 6.45) is 59.9. The third kappa shape index (κ3) is 77.0. The van der Waals surface area contributed by atoms with Crippen molar-refractivity contribution < 1.29 is 19.1 Å². The van der Waals surface area contributed by atoms with Crippen LogP contribution in [0, 0.1) is 0 Å². The normalized spacial score (nSPS) is 10.9. The molecular weight excluding hydrogens is 915 g/mol. The van der Waals surface area contributed by atoms with Crippen molar-refractivity contribution in [2.75, 3.05) is 85.7 Å². The van der Waals surface area contributed by atoms with Crippen LogP contribution in [0.4, 0.5) is 0 Å². The van der Waals surface area contributed by atoms with Gasteiger partial charge in [0.15, 0.2) is 0 Å². The molecule has 2 N–H and O–H groups in total. The molecule has 0 bridgehead atoms. The number of unbranched alkanes of at least 4 members (excludes halogenated alkanes) is 35. The van der Waals surface area contributed by atoms with Crippen molar-refractivity contribution in [2.24, 2.45) is 0 Å². The molecule has 2 amide bonds. The topological polar surface area (TPSA) is 94.2 Å². The third-order valence-electron chi connectivity index (χ3n) is 14.3. The van der Waals surface area contributed by atoms with E-state index in [9.17, 15) is 14.4 Å². The van der Waals surface area contributed by atoms with Gasteiger partial charge in [-0.2, -0.15) is 0 Å². The number of carbonyl (C=O) groups excluding carboxylic acids is 3. The summed E-state index contributed by atoms with van der Waals surface area (Å²) in [6, 6.07) is 0. The Hall–Kier alpha value is -1.55. The first-order valence-corrected chi connectivity index (χ1v) is 32.9. The zero-order valence-electron chi connectivity index (χ0n) is 51.9. The molecule has 0 fully saturated rings. The summed E-state index contributed by atoms with van der Waals surface area (Å²) < 4.78 is 5.13. The lowest BCUT2D eigenvalue weighted by Crippen LogP contribution is -2.34. The number of methoxy groups -OCH3 is 1. The lowest BCUT2D eigenvalue weighted by atomic mass is 10.1. The van der Waals surface area contributed by atoms with Crippen LogP contribution in [0.1, 0.15) is 318 Å². The molecule has 9 heteroatoms. The summed E-state index contributed by atoms with van der Waals surface area (Å²) in [5.41, 5.74) is 0. The quantitative estimate of drug-likeness (QED) is 0.0463. The van der Waals surface area contributed by atoms with Crippen molar-refractivity contribution >= 4 is 19.1 Å². The zero-order chi connectivity index (χ0) is 55.2. The molecule has 0 spiro atoms. The minimum Gasteiger partial charge on any atom is -0.385 e. The van der Waals surface area contributed by atoms with E-state index in [1.54, 1.807) is 12.0 Å². The minimum absolute atomic E-state index is 0.530. The average Bonchev–Trinajstić information content (AvgIpc) is 3.41. The smallest absolute Gasteiger partial charge is 0.209 e. The highest BCUT2D eigenvalue weighted by Crippen LogP contribution is 2.14. The molecule has 0 aromatic carbocycles. The fourth-order valence-electron chi connectivity index (χ4n) is 9.31. The van der Waals surface area contributed by atoms with Crippen molar-refractivity contribution in [1.82, 2.24) is 25.3 Å². The van der Waals surface area contributed by atoms with Gasteiger partial charge in [0.05, 0.1) is 0 Å². The predicted octanol–water partition coefficient (Wildman–Crippen LogP) is 17.7. The Labute approximate surface area is 465 Å². The maximum atomic E-state index is 10.3. The number of aldehydes is 1. The predicted molar refractivity (Wildman–Crippen MR) is 329 cm³/mol. The highest BCUT2D eigenvalue weighted by atomic mass is 16.5. The van der Waals surface area contributed by atoms with E-state index in [1.165, 1.54) is 303 Å². The summed E-state index contributed by atoms with van der Waals surface area (Å²) in [5.74, 6) is 0. The molecule has 0 heterocycles. The van der Waals surface area contributed by atoms with Crippen LogP contribution in [0.25, 0.3) is 0 Å². The fourth-order valence-corrected chi connectivity index (χ4v) is 9.31. The molecule has 74 heavy (non-hydrogen) atoms. The first-order chi connectivity index (χ1) is 36.5. The molecule has 9 nitrogen and oxygen atoms in total. The largest absolute Gasteiger partial charge is 0.385 e. The molecule has 0 aliphatic heterocycles. The van der Waals surface area contributed by atoms with Crippen LogP contribution in [-0.2, 0) is 19.1 Å². The van der Waals surface area contributed by atoms with Gasteiger partial charge in [-0.1, -0.05) is 267 Å². The van der Waals surface area contributed by atoms with Gasteiger partial charge < -0.3 is 34.9 Å². The van der Waals surface area contributed by atoms with Crippen molar-refractivity contribution in [3.63, 3.8) is 0 Å². The first kappa shape index (κ1) is 78.9. The molecule has 446 valence electrons. The van der Waals surface area contributed by atoms with Crippen molar-refractivity contribution in [3.8, 4) is 0 Å². The molecule has 0 radical (unpaired) electrons. The maximum absolute atomic E-state index is 10.3. The molecule has 0 atom stereocenters. The zero-order valence-corrected chi connectivity index (χ0v) is 51.9. The second-order valence-corrected chi connectivity index (χ2v) is 21.6. The SMILES string of the molecule is CCCCCCCCCC=O.CCCCCCCCCCCCCCN(CC)CCCOC.CCCCCCCCCNCCN(CCCCCCCC)CCCCCCCCC.CCCN(C=O)CCNC=O. The molecule has 0 aliphatic carbocycles. The Kier molecular flexibility index (Phi) is 83.2. The van der Waals surface area contributed by atoms with Crippen molar-refractivity contribution in [3.05, 3.63) is 0 Å². The van der Waals surface area contributed by atoms with E-state index in [-0.39, 0.29) is 0 Å². The molecule has 0 saturated carbocycles. The van der Waals surface area contributed by atoms with Gasteiger partial charge in [0.25, 0.3) is 0 Å². The molecule has 0 unspecified atom stereocenters. The lowest BCUT2D eigenvalue weighted by molar-refractivity contribution is -0.118. The Balaban J connectivity index is -0.000000483. The molecule has 0 aliphatic rings. The highest BCUT2D eigenvalue weighted by Gasteiger charge is 2.06. The summed E-state index contributed by atoms with van der Waals surface area (Å²) >= 11 is 0. The number of carbonyl (C=O) groups is 3. The number of nitrogens with zero attached hydrogens (tertiary/aromatic N) is 3. The van der Waals surface area contributed by atoms with Crippen LogP contribution in [0.15, 0.2) is 0 Å². The van der Waals surface area contributed by atoms with Gasteiger partial charge in [0.1, 0.15) is 6.29 Å². The van der Waals surface area contributed by atoms with E-state index in [4.69, 9.17) is 4.74 Å². The van der Waals surface area contributed by atoms with Crippen LogP contribution < -0.4 is 10.6 Å². The van der Waals surface area contributed by atoms with Crippen molar-refractivity contribution in [2.45, 2.75) is 318 Å². The lowest BCUT2D eigenvalue weighted by Gasteiger charge is -2.22. The summed E-state index contributed by atoms with van der Waals surface area (Å²) in [7, 11) is 1.79. The fraction of sp³-hybridized carbons (Fsp3) is 0.954. The molecule has 0 rings (SSSR count). The van der Waals surface area contributed by atoms with Gasteiger partial charge in [0.2, 0.25) is 12.8 Å². The average molecular weight is 1050 g/mol. The Bertz CT molecular complexity index is 977. The van der Waals surface area contributed by atoms with E-state index in [2.05, 4.69) is 62.0 Å². The number of hydrogen-bond acceptors (Lipinski definition) is 7.